The number of aromatic hydroxyl groups is 2. The molecule has 0 bridgehead atoms. The molecule has 9 heteroatoms. The minimum Gasteiger partial charge on any atom is -0.508 e. The number of aromatic amines is 1. The van der Waals surface area contributed by atoms with Crippen LogP contribution >= 0.6 is 0 Å². The lowest BCUT2D eigenvalue weighted by Gasteiger charge is -2.13. The van der Waals surface area contributed by atoms with Crippen LogP contribution < -0.4 is 16.7 Å². The Bertz CT molecular complexity index is 1070. The van der Waals surface area contributed by atoms with Gasteiger partial charge in [-0.05, 0) is 29.7 Å². The predicted molar refractivity (Wildman–Crippen MR) is 108 cm³/mol. The van der Waals surface area contributed by atoms with Crippen LogP contribution in [0.15, 0.2) is 35.1 Å². The quantitative estimate of drug-likeness (QED) is 0.385. The average molecular weight is 401 g/mol. The van der Waals surface area contributed by atoms with Crippen molar-refractivity contribution in [3.8, 4) is 28.6 Å². The molecule has 154 valence electrons. The number of nitrogens with two attached hydrogens (primary N) is 1. The molecule has 1 aromatic heterocycles. The lowest BCUT2D eigenvalue weighted by atomic mass is 9.98. The summed E-state index contributed by atoms with van der Waals surface area (Å²) in [5.41, 5.74) is 6.38. The normalized spacial score (nSPS) is 11.3. The molecule has 6 N–H and O–H groups in total. The van der Waals surface area contributed by atoms with Gasteiger partial charge in [-0.3, -0.25) is 0 Å². The fraction of sp³-hybridized carbons (Fsp3) is 0.300. The van der Waals surface area contributed by atoms with Crippen molar-refractivity contribution in [2.75, 3.05) is 13.1 Å². The molecule has 0 radical (unpaired) electrons. The maximum Gasteiger partial charge on any atom is 0.348 e. The first-order chi connectivity index (χ1) is 13.8. The van der Waals surface area contributed by atoms with Crippen LogP contribution in [-0.2, 0) is 6.54 Å². The summed E-state index contributed by atoms with van der Waals surface area (Å²) in [7, 11) is 0. The number of phenolic OH excluding ortho intramolecular Hbond substituents is 2. The Labute approximate surface area is 166 Å². The molecular weight excluding hydrogens is 377 g/mol. The minimum absolute atomic E-state index is 0.0220. The van der Waals surface area contributed by atoms with Crippen molar-refractivity contribution in [3.05, 3.63) is 57.8 Å². The van der Waals surface area contributed by atoms with E-state index in [1.807, 2.05) is 13.8 Å². The summed E-state index contributed by atoms with van der Waals surface area (Å²) in [5, 5.41) is 29.7. The average Bonchev–Trinajstić information content (AvgIpc) is 3.04. The summed E-state index contributed by atoms with van der Waals surface area (Å²) in [5.74, 6) is -0.681. The van der Waals surface area contributed by atoms with E-state index in [0.717, 1.165) is 0 Å². The smallest absolute Gasteiger partial charge is 0.348 e. The minimum atomic E-state index is -0.577. The third-order valence-electron chi connectivity index (χ3n) is 4.61. The number of rotatable bonds is 7. The van der Waals surface area contributed by atoms with Crippen LogP contribution in [0.4, 0.5) is 4.39 Å². The SMILES string of the molecule is CC(C)c1cc(-c2n[nH]c(=O)n2-c2ccc(CNCCN)c(F)c2)c(O)cc1O. The number of halogens is 1. The van der Waals surface area contributed by atoms with Gasteiger partial charge in [0.1, 0.15) is 17.3 Å². The van der Waals surface area contributed by atoms with Gasteiger partial charge in [0.2, 0.25) is 0 Å². The topological polar surface area (TPSA) is 129 Å². The van der Waals surface area contributed by atoms with Crippen LogP contribution in [0, 0.1) is 5.82 Å². The molecule has 0 fully saturated rings. The van der Waals surface area contributed by atoms with Gasteiger partial charge in [0.15, 0.2) is 5.82 Å². The van der Waals surface area contributed by atoms with Gasteiger partial charge in [-0.15, -0.1) is 0 Å². The molecule has 3 aromatic rings. The molecule has 2 aromatic carbocycles. The van der Waals surface area contributed by atoms with Crippen LogP contribution in [0.3, 0.4) is 0 Å². The van der Waals surface area contributed by atoms with E-state index in [4.69, 9.17) is 5.73 Å². The number of phenols is 2. The molecule has 0 saturated heterocycles. The maximum absolute atomic E-state index is 14.5. The van der Waals surface area contributed by atoms with Gasteiger partial charge in [-0.25, -0.2) is 18.9 Å². The van der Waals surface area contributed by atoms with Crippen molar-refractivity contribution in [2.45, 2.75) is 26.3 Å². The largest absolute Gasteiger partial charge is 0.508 e. The molecule has 0 unspecified atom stereocenters. The second-order valence-electron chi connectivity index (χ2n) is 7.01. The van der Waals surface area contributed by atoms with Crippen LogP contribution in [0.25, 0.3) is 17.1 Å². The first-order valence-corrected chi connectivity index (χ1v) is 9.26. The second-order valence-corrected chi connectivity index (χ2v) is 7.01. The molecular formula is C20H24FN5O3. The van der Waals surface area contributed by atoms with Crippen LogP contribution in [0.1, 0.15) is 30.9 Å². The highest BCUT2D eigenvalue weighted by atomic mass is 19.1. The lowest BCUT2D eigenvalue weighted by Crippen LogP contribution is -2.22. The Hall–Kier alpha value is -3.17. The molecule has 0 amide bonds. The highest BCUT2D eigenvalue weighted by Gasteiger charge is 2.20. The number of hydrogen-bond donors (Lipinski definition) is 5. The van der Waals surface area contributed by atoms with E-state index in [0.29, 0.717) is 30.8 Å². The van der Waals surface area contributed by atoms with Crippen molar-refractivity contribution in [1.82, 2.24) is 20.1 Å². The Balaban J connectivity index is 2.07. The molecule has 0 aliphatic carbocycles. The summed E-state index contributed by atoms with van der Waals surface area (Å²) in [6.07, 6.45) is 0. The highest BCUT2D eigenvalue weighted by Crippen LogP contribution is 2.37. The molecule has 0 aliphatic rings. The number of hydrogen-bond acceptors (Lipinski definition) is 6. The summed E-state index contributed by atoms with van der Waals surface area (Å²) in [6, 6.07) is 7.20. The summed E-state index contributed by atoms with van der Waals surface area (Å²) < 4.78 is 15.7. The number of aromatic nitrogens is 3. The molecule has 29 heavy (non-hydrogen) atoms. The van der Waals surface area contributed by atoms with Crippen LogP contribution in [-0.4, -0.2) is 38.1 Å². The van der Waals surface area contributed by atoms with E-state index in [2.05, 4.69) is 15.5 Å². The third-order valence-corrected chi connectivity index (χ3v) is 4.61. The van der Waals surface area contributed by atoms with Gasteiger partial charge >= 0.3 is 5.69 Å². The Morgan fingerprint density at radius 2 is 2.00 bits per heavy atom. The molecule has 0 saturated carbocycles. The van der Waals surface area contributed by atoms with Crippen LogP contribution in [0.2, 0.25) is 0 Å². The summed E-state index contributed by atoms with van der Waals surface area (Å²) in [6.45, 7) is 5.10. The fourth-order valence-electron chi connectivity index (χ4n) is 3.10. The molecule has 3 rings (SSSR count). The van der Waals surface area contributed by atoms with Gasteiger partial charge in [-0.2, -0.15) is 5.10 Å². The second kappa shape index (κ2) is 8.46. The van der Waals surface area contributed by atoms with E-state index in [9.17, 15) is 19.4 Å². The predicted octanol–water partition coefficient (Wildman–Crippen LogP) is 1.95. The Morgan fingerprint density at radius 3 is 2.66 bits per heavy atom. The number of benzene rings is 2. The number of nitrogens with zero attached hydrogens (tertiary/aromatic N) is 2. The highest BCUT2D eigenvalue weighted by molar-refractivity contribution is 5.69. The zero-order valence-corrected chi connectivity index (χ0v) is 16.2. The van der Waals surface area contributed by atoms with Gasteiger partial charge < -0.3 is 21.3 Å². The van der Waals surface area contributed by atoms with Gasteiger partial charge in [0.25, 0.3) is 0 Å². The maximum atomic E-state index is 14.5. The van der Waals surface area contributed by atoms with E-state index >= 15 is 0 Å². The van der Waals surface area contributed by atoms with Crippen molar-refractivity contribution >= 4 is 0 Å². The van der Waals surface area contributed by atoms with Gasteiger partial charge in [0, 0.05) is 31.3 Å². The first-order valence-electron chi connectivity index (χ1n) is 9.26. The lowest BCUT2D eigenvalue weighted by molar-refractivity contribution is 0.444. The van der Waals surface area contributed by atoms with Crippen molar-refractivity contribution in [1.29, 1.82) is 0 Å². The first kappa shape index (κ1) is 20.6. The molecule has 0 atom stereocenters. The van der Waals surface area contributed by atoms with E-state index < -0.39 is 11.5 Å². The third kappa shape index (κ3) is 4.15. The zero-order valence-electron chi connectivity index (χ0n) is 16.2. The number of nitrogens with one attached hydrogen (secondary N) is 2. The Morgan fingerprint density at radius 1 is 1.24 bits per heavy atom. The van der Waals surface area contributed by atoms with Crippen molar-refractivity contribution in [2.24, 2.45) is 5.73 Å². The van der Waals surface area contributed by atoms with Gasteiger partial charge in [0.05, 0.1) is 11.3 Å². The van der Waals surface area contributed by atoms with E-state index in [1.165, 1.54) is 16.7 Å². The monoisotopic (exact) mass is 401 g/mol. The van der Waals surface area contributed by atoms with Gasteiger partial charge in [-0.1, -0.05) is 19.9 Å². The molecule has 8 nitrogen and oxygen atoms in total. The van der Waals surface area contributed by atoms with Crippen molar-refractivity contribution in [3.63, 3.8) is 0 Å². The van der Waals surface area contributed by atoms with Crippen LogP contribution in [0.5, 0.6) is 11.5 Å². The number of H-pyrrole nitrogens is 1. The molecule has 1 heterocycles. The fourth-order valence-corrected chi connectivity index (χ4v) is 3.10. The summed E-state index contributed by atoms with van der Waals surface area (Å²) >= 11 is 0. The standard InChI is InChI=1S/C20H24FN5O3/c1-11(2)14-8-15(18(28)9-17(14)27)19-24-25-20(29)26(19)13-4-3-12(16(21)7-13)10-23-6-5-22/h3-4,7-9,11,23,27-28H,5-6,10,22H2,1-2H3,(H,25,29). The Kier molecular flexibility index (Phi) is 6.00. The molecule has 0 aliphatic heterocycles. The zero-order chi connectivity index (χ0) is 21.1. The molecule has 0 spiro atoms. The summed E-state index contributed by atoms with van der Waals surface area (Å²) in [4.78, 5) is 12.4. The van der Waals surface area contributed by atoms with Crippen molar-refractivity contribution < 1.29 is 14.6 Å². The van der Waals surface area contributed by atoms with E-state index in [1.54, 1.807) is 18.2 Å². The van der Waals surface area contributed by atoms with E-state index in [-0.39, 0.29) is 34.5 Å².